The Morgan fingerprint density at radius 3 is 2.09 bits per heavy atom. The van der Waals surface area contributed by atoms with Gasteiger partial charge in [-0.15, -0.1) is 0 Å². The third-order valence-corrected chi connectivity index (χ3v) is 6.31. The second-order valence-electron chi connectivity index (χ2n) is 6.66. The molecule has 1 heterocycles. The quantitative estimate of drug-likeness (QED) is 0.102. The van der Waals surface area contributed by atoms with E-state index in [2.05, 4.69) is 31.9 Å². The average Bonchev–Trinajstić information content (AvgIpc) is 2.77. The zero-order chi connectivity index (χ0) is 24.2. The molecule has 0 N–H and O–H groups in total. The van der Waals surface area contributed by atoms with Crippen LogP contribution in [0.25, 0.3) is 33.4 Å². The van der Waals surface area contributed by atoms with Gasteiger partial charge in [0.1, 0.15) is 10.1 Å². The summed E-state index contributed by atoms with van der Waals surface area (Å²) in [6.45, 7) is 0. The molecule has 166 valence electrons. The van der Waals surface area contributed by atoms with E-state index in [0.29, 0.717) is 0 Å². The normalized spacial score (nSPS) is 10.5. The molecule has 0 fully saturated rings. The third-order valence-electron chi connectivity index (χ3n) is 4.87. The number of nitrogens with zero attached hydrogens (tertiary/aromatic N) is 2. The van der Waals surface area contributed by atoms with Gasteiger partial charge in [-0.3, -0.25) is 25.0 Å². The zero-order valence-corrected chi connectivity index (χ0v) is 25.0. The molecule has 35 heavy (non-hydrogen) atoms. The summed E-state index contributed by atoms with van der Waals surface area (Å²) in [5.41, 5.74) is -3.42. The van der Waals surface area contributed by atoms with Gasteiger partial charge < -0.3 is 19.4 Å². The van der Waals surface area contributed by atoms with E-state index in [-0.39, 0.29) is 107 Å². The van der Waals surface area contributed by atoms with Crippen LogP contribution in [0.3, 0.4) is 0 Å². The minimum Gasteiger partial charge on any atom is -0.867 e. The molecule has 0 saturated heterocycles. The van der Waals surface area contributed by atoms with E-state index in [4.69, 9.17) is 4.42 Å². The number of carboxylic acid groups (broad SMARTS) is 1. The Labute approximate surface area is 255 Å². The molecule has 0 radical (unpaired) electrons. The molecule has 1 aliphatic carbocycles. The van der Waals surface area contributed by atoms with Crippen LogP contribution in [0.15, 0.2) is 54.6 Å². The Morgan fingerprint density at radius 2 is 1.51 bits per heavy atom. The Balaban J connectivity index is 0.00000216. The predicted molar refractivity (Wildman–Crippen MR) is 117 cm³/mol. The summed E-state index contributed by atoms with van der Waals surface area (Å²) < 4.78 is 5.00. The van der Waals surface area contributed by atoms with Crippen LogP contribution in [0, 0.1) is 20.2 Å². The molecule has 11 nitrogen and oxygen atoms in total. The number of non-ortho nitro benzene ring substituents is 1. The number of aromatic carboxylic acids is 1. The Hall–Kier alpha value is -1.84. The van der Waals surface area contributed by atoms with Crippen LogP contribution < -0.4 is 74.8 Å². The molecule has 4 rings (SSSR count). The number of carboxylic acids is 1. The molecule has 0 saturated carbocycles. The standard InChI is InChI=1S/C20H8Br2N2O9.2Na/c21-14-16(25)11(23(29)30)5-9-13(7-3-1-2-4-8(7)20(27)28)10-6-12(24(31)32)17(26)15(22)19(10)33-18(9)14;;/h1-6,25H,(H,27,28);;/q;2*+1/p-2. The first-order chi connectivity index (χ1) is 15.5. The summed E-state index contributed by atoms with van der Waals surface area (Å²) in [6, 6.07) is 7.22. The summed E-state index contributed by atoms with van der Waals surface area (Å²) in [5.74, 6) is -2.83. The van der Waals surface area contributed by atoms with Crippen LogP contribution in [0.2, 0.25) is 0 Å². The van der Waals surface area contributed by atoms with Gasteiger partial charge in [-0.1, -0.05) is 24.3 Å². The van der Waals surface area contributed by atoms with Gasteiger partial charge in [0.15, 0.2) is 5.76 Å². The van der Waals surface area contributed by atoms with Crippen molar-refractivity contribution in [3.8, 4) is 28.2 Å². The molecule has 0 aromatic heterocycles. The Kier molecular flexibility index (Phi) is 9.28. The molecule has 0 unspecified atom stereocenters. The van der Waals surface area contributed by atoms with Crippen molar-refractivity contribution in [3.63, 3.8) is 0 Å². The van der Waals surface area contributed by atoms with Gasteiger partial charge in [-0.25, -0.2) is 0 Å². The number of rotatable bonds is 4. The maximum absolute atomic E-state index is 12.5. The van der Waals surface area contributed by atoms with Crippen molar-refractivity contribution in [3.05, 3.63) is 81.4 Å². The Morgan fingerprint density at radius 1 is 0.914 bits per heavy atom. The van der Waals surface area contributed by atoms with Crippen LogP contribution in [0.4, 0.5) is 11.4 Å². The van der Waals surface area contributed by atoms with Crippen molar-refractivity contribution in [1.82, 2.24) is 0 Å². The van der Waals surface area contributed by atoms with Crippen LogP contribution in [0.5, 0.6) is 5.75 Å². The molecule has 0 bridgehead atoms. The topological polar surface area (TPSA) is 180 Å². The summed E-state index contributed by atoms with van der Waals surface area (Å²) in [7, 11) is 0. The number of carbonyl (C=O) groups excluding carboxylic acids is 1. The summed E-state index contributed by atoms with van der Waals surface area (Å²) >= 11 is 5.96. The van der Waals surface area contributed by atoms with Gasteiger partial charge in [-0.05, 0) is 43.2 Å². The van der Waals surface area contributed by atoms with E-state index < -0.39 is 38.4 Å². The van der Waals surface area contributed by atoms with Crippen molar-refractivity contribution < 1.29 is 88.4 Å². The van der Waals surface area contributed by atoms with Crippen LogP contribution in [-0.4, -0.2) is 15.8 Å². The second-order valence-corrected chi connectivity index (χ2v) is 8.24. The monoisotopic (exact) mass is 622 g/mol. The molecule has 2 aliphatic rings. The SMILES string of the molecule is O=C([O-])c1ccccc1-c1c2cc([N+](=O)[O-])c(=O)c(Br)c-2oc2c(Br)c([O-])c([N+](=O)[O-])cc12.[Na+].[Na+]. The summed E-state index contributed by atoms with van der Waals surface area (Å²) in [5, 5.41) is 47.1. The summed E-state index contributed by atoms with van der Waals surface area (Å²) in [6.07, 6.45) is 0. The molecular weight excluding hydrogens is 618 g/mol. The number of carbonyl (C=O) groups is 1. The fourth-order valence-corrected chi connectivity index (χ4v) is 4.46. The fraction of sp³-hybridized carbons (Fsp3) is 0. The molecular formula is C20H6Br2N2Na2O9. The maximum Gasteiger partial charge on any atom is 1.00 e. The largest absolute Gasteiger partial charge is 1.00 e. The van der Waals surface area contributed by atoms with Crippen LogP contribution >= 0.6 is 31.9 Å². The zero-order valence-electron chi connectivity index (χ0n) is 17.8. The van der Waals surface area contributed by atoms with E-state index >= 15 is 0 Å². The number of benzene rings is 3. The van der Waals surface area contributed by atoms with Gasteiger partial charge in [0.05, 0.1) is 20.3 Å². The molecule has 2 aromatic rings. The fourth-order valence-electron chi connectivity index (χ4n) is 3.46. The smallest absolute Gasteiger partial charge is 0.867 e. The molecule has 0 atom stereocenters. The van der Waals surface area contributed by atoms with Gasteiger partial charge in [0.25, 0.3) is 11.1 Å². The number of hydrogen-bond acceptors (Lipinski definition) is 9. The van der Waals surface area contributed by atoms with Crippen molar-refractivity contribution in [2.75, 3.05) is 0 Å². The number of hydrogen-bond donors (Lipinski definition) is 0. The van der Waals surface area contributed by atoms with Crippen molar-refractivity contribution in [2.45, 2.75) is 0 Å². The van der Waals surface area contributed by atoms with E-state index in [0.717, 1.165) is 12.1 Å². The number of halogens is 2. The van der Waals surface area contributed by atoms with Crippen LogP contribution in [-0.2, 0) is 0 Å². The third kappa shape index (κ3) is 4.91. The predicted octanol–water partition coefficient (Wildman–Crippen LogP) is -2.65. The minimum absolute atomic E-state index is 0. The van der Waals surface area contributed by atoms with Crippen LogP contribution in [0.1, 0.15) is 10.4 Å². The van der Waals surface area contributed by atoms with Crippen molar-refractivity contribution in [2.24, 2.45) is 0 Å². The first-order valence-electron chi connectivity index (χ1n) is 8.76. The Bertz CT molecular complexity index is 1570. The second kappa shape index (κ2) is 11.0. The van der Waals surface area contributed by atoms with Crippen molar-refractivity contribution in [1.29, 1.82) is 0 Å². The maximum atomic E-state index is 12.5. The van der Waals surface area contributed by atoms with Crippen molar-refractivity contribution >= 4 is 60.2 Å². The first kappa shape index (κ1) is 29.4. The molecule has 2 aromatic carbocycles. The van der Waals surface area contributed by atoms with E-state index in [1.54, 1.807) is 0 Å². The van der Waals surface area contributed by atoms with E-state index in [1.165, 1.54) is 24.3 Å². The summed E-state index contributed by atoms with van der Waals surface area (Å²) in [4.78, 5) is 45.3. The molecule has 15 heteroatoms. The van der Waals surface area contributed by atoms with Gasteiger partial charge >= 0.3 is 64.8 Å². The molecule has 0 amide bonds. The number of nitro benzene ring substituents is 2. The number of fused-ring (bicyclic) bond motifs is 2. The van der Waals surface area contributed by atoms with Gasteiger partial charge in [-0.2, -0.15) is 0 Å². The van der Waals surface area contributed by atoms with Gasteiger partial charge in [0.2, 0.25) is 0 Å². The van der Waals surface area contributed by atoms with E-state index in [1.807, 2.05) is 0 Å². The van der Waals surface area contributed by atoms with E-state index in [9.17, 15) is 40.0 Å². The molecule has 0 spiro atoms. The minimum atomic E-state index is -1.59. The molecule has 1 aliphatic heterocycles. The van der Waals surface area contributed by atoms with Gasteiger partial charge in [0, 0.05) is 34.2 Å². The average molecular weight is 624 g/mol. The number of nitro groups is 2. The first-order valence-corrected chi connectivity index (χ1v) is 10.3.